The van der Waals surface area contributed by atoms with Gasteiger partial charge in [0, 0.05) is 27.5 Å². The minimum Gasteiger partial charge on any atom is -0.336 e. The number of imidazole rings is 1. The summed E-state index contributed by atoms with van der Waals surface area (Å²) in [5.74, 6) is 1.05. The maximum Gasteiger partial charge on any atom is 0.130 e. The summed E-state index contributed by atoms with van der Waals surface area (Å²) in [6.45, 7) is 3.15. The van der Waals surface area contributed by atoms with Gasteiger partial charge in [-0.05, 0) is 59.3 Å². The Labute approximate surface area is 136 Å². The molecule has 0 aliphatic rings. The summed E-state index contributed by atoms with van der Waals surface area (Å²) in [4.78, 5) is 4.50. The van der Waals surface area contributed by atoms with Crippen molar-refractivity contribution < 1.29 is 0 Å². The first kappa shape index (κ1) is 15.0. The fourth-order valence-electron chi connectivity index (χ4n) is 2.02. The monoisotopic (exact) mass is 433 g/mol. The van der Waals surface area contributed by atoms with Crippen LogP contribution >= 0.6 is 38.5 Å². The van der Waals surface area contributed by atoms with Gasteiger partial charge in [0.1, 0.15) is 5.82 Å². The van der Waals surface area contributed by atoms with Crippen molar-refractivity contribution in [3.05, 3.63) is 50.0 Å². The molecule has 1 aromatic heterocycles. The summed E-state index contributed by atoms with van der Waals surface area (Å²) < 4.78 is 4.42. The number of hydrogen-bond donors (Lipinski definition) is 1. The van der Waals surface area contributed by atoms with Gasteiger partial charge in [0.25, 0.3) is 0 Å². The fourth-order valence-corrected chi connectivity index (χ4v) is 3.05. The van der Waals surface area contributed by atoms with Crippen LogP contribution in [-0.2, 0) is 7.05 Å². The Hall–Kier alpha value is -0.400. The van der Waals surface area contributed by atoms with Crippen molar-refractivity contribution in [2.24, 2.45) is 7.05 Å². The SMILES string of the molecule is CCCNC(c1cc(Br)ccc1I)c1nccn1C. The van der Waals surface area contributed by atoms with Crippen molar-refractivity contribution >= 4 is 38.5 Å². The number of aryl methyl sites for hydroxylation is 1. The third-order valence-electron chi connectivity index (χ3n) is 2.98. The van der Waals surface area contributed by atoms with Crippen LogP contribution in [0.4, 0.5) is 0 Å². The molecule has 1 aromatic carbocycles. The van der Waals surface area contributed by atoms with Crippen LogP contribution in [0.5, 0.6) is 0 Å². The van der Waals surface area contributed by atoms with E-state index in [1.165, 1.54) is 9.13 Å². The van der Waals surface area contributed by atoms with E-state index in [4.69, 9.17) is 0 Å². The number of nitrogens with one attached hydrogen (secondary N) is 1. The maximum atomic E-state index is 4.50. The van der Waals surface area contributed by atoms with Gasteiger partial charge in [-0.3, -0.25) is 0 Å². The molecule has 1 N–H and O–H groups in total. The van der Waals surface area contributed by atoms with E-state index >= 15 is 0 Å². The molecule has 0 bridgehead atoms. The van der Waals surface area contributed by atoms with Crippen LogP contribution in [0.15, 0.2) is 35.1 Å². The maximum absolute atomic E-state index is 4.50. The van der Waals surface area contributed by atoms with Crippen LogP contribution in [0.25, 0.3) is 0 Å². The van der Waals surface area contributed by atoms with Crippen molar-refractivity contribution in [3.8, 4) is 0 Å². The molecule has 2 aromatic rings. The number of aromatic nitrogens is 2. The van der Waals surface area contributed by atoms with E-state index in [0.717, 1.165) is 23.3 Å². The van der Waals surface area contributed by atoms with Gasteiger partial charge < -0.3 is 9.88 Å². The molecule has 1 atom stereocenters. The number of nitrogens with zero attached hydrogens (tertiary/aromatic N) is 2. The van der Waals surface area contributed by atoms with Crippen LogP contribution in [0, 0.1) is 3.57 Å². The zero-order valence-corrected chi connectivity index (χ0v) is 14.8. The van der Waals surface area contributed by atoms with E-state index in [9.17, 15) is 0 Å². The van der Waals surface area contributed by atoms with Gasteiger partial charge in [-0.25, -0.2) is 4.98 Å². The van der Waals surface area contributed by atoms with Gasteiger partial charge in [0.2, 0.25) is 0 Å². The van der Waals surface area contributed by atoms with Crippen LogP contribution in [0.1, 0.15) is 30.8 Å². The Bertz CT molecular complexity index is 553. The van der Waals surface area contributed by atoms with Crippen LogP contribution in [0.2, 0.25) is 0 Å². The van der Waals surface area contributed by atoms with Crippen molar-refractivity contribution in [1.82, 2.24) is 14.9 Å². The van der Waals surface area contributed by atoms with Crippen LogP contribution in [0.3, 0.4) is 0 Å². The van der Waals surface area contributed by atoms with E-state index in [-0.39, 0.29) is 6.04 Å². The van der Waals surface area contributed by atoms with E-state index in [1.807, 2.05) is 19.4 Å². The lowest BCUT2D eigenvalue weighted by Gasteiger charge is -2.20. The predicted molar refractivity (Wildman–Crippen MR) is 90.2 cm³/mol. The first-order chi connectivity index (χ1) is 9.13. The summed E-state index contributed by atoms with van der Waals surface area (Å²) in [5, 5.41) is 3.59. The molecular formula is C14H17BrIN3. The molecular weight excluding hydrogens is 417 g/mol. The standard InChI is InChI=1S/C14H17BrIN3/c1-3-6-17-13(14-18-7-8-19(14)2)11-9-10(15)4-5-12(11)16/h4-5,7-9,13,17H,3,6H2,1-2H3. The predicted octanol–water partition coefficient (Wildman–Crippen LogP) is 3.88. The number of halogens is 2. The second kappa shape index (κ2) is 6.85. The Morgan fingerprint density at radius 2 is 2.26 bits per heavy atom. The molecule has 0 aliphatic carbocycles. The molecule has 5 heteroatoms. The summed E-state index contributed by atoms with van der Waals surface area (Å²) >= 11 is 5.94. The number of rotatable bonds is 5. The first-order valence-electron chi connectivity index (χ1n) is 6.29. The molecule has 0 amide bonds. The number of hydrogen-bond acceptors (Lipinski definition) is 2. The highest BCUT2D eigenvalue weighted by Gasteiger charge is 2.20. The van der Waals surface area contributed by atoms with E-state index in [2.05, 4.69) is 78.5 Å². The summed E-state index contributed by atoms with van der Waals surface area (Å²) in [5.41, 5.74) is 1.26. The van der Waals surface area contributed by atoms with Crippen molar-refractivity contribution in [2.45, 2.75) is 19.4 Å². The molecule has 3 nitrogen and oxygen atoms in total. The van der Waals surface area contributed by atoms with Crippen molar-refractivity contribution in [2.75, 3.05) is 6.54 Å². The molecule has 1 unspecified atom stereocenters. The Balaban J connectivity index is 2.42. The minimum atomic E-state index is 0.129. The van der Waals surface area contributed by atoms with Gasteiger partial charge in [0.15, 0.2) is 0 Å². The third kappa shape index (κ3) is 3.58. The Morgan fingerprint density at radius 3 is 2.89 bits per heavy atom. The summed E-state index contributed by atoms with van der Waals surface area (Å²) in [7, 11) is 2.04. The molecule has 19 heavy (non-hydrogen) atoms. The van der Waals surface area contributed by atoms with E-state index < -0.39 is 0 Å². The van der Waals surface area contributed by atoms with E-state index in [0.29, 0.717) is 0 Å². The lowest BCUT2D eigenvalue weighted by molar-refractivity contribution is 0.554. The second-order valence-corrected chi connectivity index (χ2v) is 6.53. The molecule has 0 saturated carbocycles. The molecule has 102 valence electrons. The average Bonchev–Trinajstić information content (AvgIpc) is 2.80. The first-order valence-corrected chi connectivity index (χ1v) is 8.16. The quantitative estimate of drug-likeness (QED) is 0.725. The van der Waals surface area contributed by atoms with Crippen LogP contribution in [-0.4, -0.2) is 16.1 Å². The van der Waals surface area contributed by atoms with E-state index in [1.54, 1.807) is 0 Å². The number of benzene rings is 1. The van der Waals surface area contributed by atoms with Crippen LogP contribution < -0.4 is 5.32 Å². The van der Waals surface area contributed by atoms with Crippen molar-refractivity contribution in [3.63, 3.8) is 0 Å². The molecule has 1 heterocycles. The summed E-state index contributed by atoms with van der Waals surface area (Å²) in [6.07, 6.45) is 4.94. The lowest BCUT2D eigenvalue weighted by Crippen LogP contribution is -2.26. The highest BCUT2D eigenvalue weighted by Crippen LogP contribution is 2.28. The molecule has 0 aliphatic heterocycles. The molecule has 0 saturated heterocycles. The third-order valence-corrected chi connectivity index (χ3v) is 4.46. The largest absolute Gasteiger partial charge is 0.336 e. The normalized spacial score (nSPS) is 12.6. The van der Waals surface area contributed by atoms with Gasteiger partial charge >= 0.3 is 0 Å². The zero-order valence-electron chi connectivity index (χ0n) is 11.0. The van der Waals surface area contributed by atoms with Gasteiger partial charge in [0.05, 0.1) is 6.04 Å². The zero-order chi connectivity index (χ0) is 13.8. The highest BCUT2D eigenvalue weighted by molar-refractivity contribution is 14.1. The van der Waals surface area contributed by atoms with Gasteiger partial charge in [-0.2, -0.15) is 0 Å². The average molecular weight is 434 g/mol. The van der Waals surface area contributed by atoms with Crippen molar-refractivity contribution in [1.29, 1.82) is 0 Å². The van der Waals surface area contributed by atoms with Gasteiger partial charge in [-0.15, -0.1) is 0 Å². The Morgan fingerprint density at radius 1 is 1.47 bits per heavy atom. The summed E-state index contributed by atoms with van der Waals surface area (Å²) in [6, 6.07) is 6.50. The smallest absolute Gasteiger partial charge is 0.130 e. The molecule has 0 fully saturated rings. The molecule has 0 radical (unpaired) electrons. The minimum absolute atomic E-state index is 0.129. The Kier molecular flexibility index (Phi) is 5.41. The molecule has 2 rings (SSSR count). The fraction of sp³-hybridized carbons (Fsp3) is 0.357. The second-order valence-electron chi connectivity index (χ2n) is 4.45. The molecule has 0 spiro atoms. The lowest BCUT2D eigenvalue weighted by atomic mass is 10.1. The van der Waals surface area contributed by atoms with Gasteiger partial charge in [-0.1, -0.05) is 22.9 Å². The topological polar surface area (TPSA) is 29.9 Å². The highest BCUT2D eigenvalue weighted by atomic mass is 127.